The zero-order chi connectivity index (χ0) is 82.3. The van der Waals surface area contributed by atoms with Crippen LogP contribution in [0.4, 0.5) is 0 Å². The van der Waals surface area contributed by atoms with Gasteiger partial charge in [0.15, 0.2) is 0 Å². The van der Waals surface area contributed by atoms with Crippen molar-refractivity contribution in [2.75, 3.05) is 0 Å². The van der Waals surface area contributed by atoms with Gasteiger partial charge in [-0.25, -0.2) is 29.9 Å². The maximum atomic E-state index is 5.38. The SMILES string of the molecule is CC1(C)c2ccccc2-c2c1ccc1c2c2ccccc2n1-c1nc(-c2ccccc2)c2c(n1)sc1ccccc12.c1ccc(-c2nc(-n3c4ccccc4c4c5c(ccc43)sc3ccccc35)nc3sc4ccccc4c23)cc1.c1ccc(-c2nc(-n3c4ccccc4c4c5c6ccccc6n(-c6ccccc6)c5ccc43)nc3sc4ccccc4c23)cc1. The summed E-state index contributed by atoms with van der Waals surface area (Å²) in [5, 5.41) is 19.5. The van der Waals surface area contributed by atoms with Crippen molar-refractivity contribution in [1.82, 2.24) is 48.2 Å². The van der Waals surface area contributed by atoms with Crippen LogP contribution in [-0.4, -0.2) is 48.2 Å². The molecule has 0 saturated carbocycles. The van der Waals surface area contributed by atoms with Gasteiger partial charge in [-0.2, -0.15) is 0 Å². The van der Waals surface area contributed by atoms with E-state index in [1.807, 2.05) is 11.3 Å². The number of hydrogen-bond donors (Lipinski definition) is 0. The summed E-state index contributed by atoms with van der Waals surface area (Å²) >= 11 is 7.06. The van der Waals surface area contributed by atoms with Gasteiger partial charge in [0.25, 0.3) is 0 Å². The predicted octanol–water partition coefficient (Wildman–Crippen LogP) is 30.6. The summed E-state index contributed by atoms with van der Waals surface area (Å²) in [5.41, 5.74) is 21.8. The van der Waals surface area contributed by atoms with Gasteiger partial charge < -0.3 is 4.57 Å². The molecule has 1 aliphatic rings. The normalized spacial score (nSPS) is 12.6. The molecule has 586 valence electrons. The highest BCUT2D eigenvalue weighted by molar-refractivity contribution is 7.27. The van der Waals surface area contributed by atoms with Crippen LogP contribution in [0.15, 0.2) is 376 Å². The van der Waals surface area contributed by atoms with Gasteiger partial charge in [0.1, 0.15) is 14.5 Å². The Bertz CT molecular complexity index is 9160. The minimum atomic E-state index is -0.0592. The van der Waals surface area contributed by atoms with E-state index in [4.69, 9.17) is 29.9 Å². The molecule has 0 amide bonds. The Balaban J connectivity index is 0.000000100. The molecule has 0 radical (unpaired) electrons. The van der Waals surface area contributed by atoms with Crippen LogP contribution in [0.1, 0.15) is 25.0 Å². The molecule has 1 aliphatic carbocycles. The minimum Gasteiger partial charge on any atom is -0.309 e. The fourth-order valence-corrected chi connectivity index (χ4v) is 24.4. The summed E-state index contributed by atoms with van der Waals surface area (Å²) in [7, 11) is 0. The first-order valence-corrected chi connectivity index (χ1v) is 45.3. The van der Waals surface area contributed by atoms with E-state index in [9.17, 15) is 0 Å². The molecule has 27 aromatic rings. The molecule has 0 unspecified atom stereocenters. The van der Waals surface area contributed by atoms with Crippen LogP contribution in [-0.2, 0) is 5.41 Å². The van der Waals surface area contributed by atoms with Gasteiger partial charge in [0.2, 0.25) is 17.8 Å². The Morgan fingerprint density at radius 2 is 0.512 bits per heavy atom. The second kappa shape index (κ2) is 27.9. The Morgan fingerprint density at radius 3 is 0.944 bits per heavy atom. The topological polar surface area (TPSA) is 97.1 Å². The smallest absolute Gasteiger partial charge is 0.236 e. The molecule has 0 aliphatic heterocycles. The third kappa shape index (κ3) is 10.8. The lowest BCUT2D eigenvalue weighted by Gasteiger charge is -2.21. The van der Waals surface area contributed by atoms with Crippen LogP contribution >= 0.6 is 45.3 Å². The molecule has 0 fully saturated rings. The molecule has 10 nitrogen and oxygen atoms in total. The van der Waals surface area contributed by atoms with E-state index in [-0.39, 0.29) is 5.41 Å². The van der Waals surface area contributed by atoms with Crippen LogP contribution in [0.5, 0.6) is 0 Å². The van der Waals surface area contributed by atoms with Gasteiger partial charge >= 0.3 is 0 Å². The van der Waals surface area contributed by atoms with Crippen molar-refractivity contribution < 1.29 is 0 Å². The third-order valence-electron chi connectivity index (χ3n) is 25.5. The average molecular weight is 1670 g/mol. The van der Waals surface area contributed by atoms with E-state index in [1.165, 1.54) is 127 Å². The van der Waals surface area contributed by atoms with Crippen LogP contribution in [0.25, 0.3) is 237 Å². The quantitative estimate of drug-likeness (QED) is 0.158. The van der Waals surface area contributed by atoms with Crippen LogP contribution in [0, 0.1) is 0 Å². The number of hydrogen-bond acceptors (Lipinski definition) is 10. The summed E-state index contributed by atoms with van der Waals surface area (Å²) < 4.78 is 15.5. The molecule has 14 heteroatoms. The number of benzene rings is 16. The molecule has 0 atom stereocenters. The van der Waals surface area contributed by atoms with Crippen molar-refractivity contribution >= 4 is 214 Å². The Hall–Kier alpha value is -15.2. The van der Waals surface area contributed by atoms with Gasteiger partial charge in [-0.1, -0.05) is 299 Å². The van der Waals surface area contributed by atoms with E-state index in [1.54, 1.807) is 34.0 Å². The molecule has 0 saturated heterocycles. The molecule has 11 aromatic heterocycles. The molecule has 16 aromatic carbocycles. The van der Waals surface area contributed by atoms with Gasteiger partial charge in [-0.3, -0.25) is 13.7 Å². The molecule has 125 heavy (non-hydrogen) atoms. The Kier molecular flexibility index (Phi) is 16.0. The lowest BCUT2D eigenvalue weighted by Crippen LogP contribution is -2.14. The zero-order valence-electron chi connectivity index (χ0n) is 67.4. The van der Waals surface area contributed by atoms with Crippen molar-refractivity contribution in [2.24, 2.45) is 0 Å². The second-order valence-electron chi connectivity index (χ2n) is 32.6. The molecule has 0 spiro atoms. The lowest BCUT2D eigenvalue weighted by atomic mass is 9.82. The highest BCUT2D eigenvalue weighted by atomic mass is 32.1. The molecule has 28 rings (SSSR count). The van der Waals surface area contributed by atoms with Crippen molar-refractivity contribution in [3.8, 4) is 68.4 Å². The van der Waals surface area contributed by atoms with Gasteiger partial charge in [0, 0.05) is 137 Å². The first-order valence-electron chi connectivity index (χ1n) is 42.1. The highest BCUT2D eigenvalue weighted by Crippen LogP contribution is 2.55. The highest BCUT2D eigenvalue weighted by Gasteiger charge is 2.38. The minimum absolute atomic E-state index is 0.0592. The molecule has 0 bridgehead atoms. The Labute approximate surface area is 731 Å². The van der Waals surface area contributed by atoms with Crippen molar-refractivity contribution in [1.29, 1.82) is 0 Å². The van der Waals surface area contributed by atoms with E-state index in [0.29, 0.717) is 17.8 Å². The number of para-hydroxylation sites is 5. The van der Waals surface area contributed by atoms with E-state index in [0.717, 1.165) is 103 Å². The summed E-state index contributed by atoms with van der Waals surface area (Å²) in [6.07, 6.45) is 0. The molecule has 0 N–H and O–H groups in total. The molecule has 11 heterocycles. The van der Waals surface area contributed by atoms with E-state index >= 15 is 0 Å². The van der Waals surface area contributed by atoms with Crippen molar-refractivity contribution in [3.63, 3.8) is 0 Å². The number of rotatable bonds is 7. The van der Waals surface area contributed by atoms with Crippen LogP contribution < -0.4 is 0 Å². The number of fused-ring (bicyclic) bond motifs is 30. The molecular weight excluding hydrogens is 1600 g/mol. The summed E-state index contributed by atoms with van der Waals surface area (Å²) in [6.45, 7) is 4.68. The Morgan fingerprint density at radius 1 is 0.208 bits per heavy atom. The van der Waals surface area contributed by atoms with Crippen molar-refractivity contribution in [2.45, 2.75) is 19.3 Å². The van der Waals surface area contributed by atoms with Gasteiger partial charge in [-0.05, 0) is 113 Å². The van der Waals surface area contributed by atoms with E-state index < -0.39 is 0 Å². The largest absolute Gasteiger partial charge is 0.309 e. The monoisotopic (exact) mass is 1670 g/mol. The summed E-state index contributed by atoms with van der Waals surface area (Å²) in [4.78, 5) is 34.9. The molecular formula is C111H68N10S4. The number of thiophene rings is 4. The maximum Gasteiger partial charge on any atom is 0.236 e. The predicted molar refractivity (Wildman–Crippen MR) is 529 cm³/mol. The average Bonchev–Trinajstić information content (AvgIpc) is 1.54. The summed E-state index contributed by atoms with van der Waals surface area (Å²) in [5.74, 6) is 2.10. The van der Waals surface area contributed by atoms with E-state index in [2.05, 4.69) is 408 Å². The van der Waals surface area contributed by atoms with Gasteiger partial charge in [-0.15, -0.1) is 45.3 Å². The number of nitrogens with zero attached hydrogens (tertiary/aromatic N) is 10. The fourth-order valence-electron chi connectivity index (χ4n) is 20.1. The van der Waals surface area contributed by atoms with Crippen molar-refractivity contribution in [3.05, 3.63) is 387 Å². The lowest BCUT2D eigenvalue weighted by molar-refractivity contribution is 0.661. The summed E-state index contributed by atoms with van der Waals surface area (Å²) in [6, 6.07) is 134. The standard InChI is InChI=1S/C40H24N4S.C37H25N3S.C34H19N3S2/c1-3-13-25(14-4-1)38-37-29-19-9-12-22-34(29)45-39(37)42-40(41-38)44-31-21-11-8-18-28(31)36-33(44)24-23-32-35(36)27-17-7-10-20-30(27)43(32)26-15-5-2-6-16-26;1-37(2)26-17-9-6-14-23(26)31-27(37)20-21-29-32(31)24-15-7-10-18-28(24)40(29)36-38-34(22-12-4-3-5-13-22)33-25-16-8-11-19-30(25)41-35(33)39-36;1-2-10-20(11-3-1)32-31-23-14-6-9-17-27(23)39-33(31)36-34(35-32)37-24-15-7-4-12-21(24)29-25(37)18-19-28-30(29)22-13-5-8-16-26(22)38-28/h1-24H;3-21H,1-2H3;1-19H. The first kappa shape index (κ1) is 71.6. The second-order valence-corrected chi connectivity index (χ2v) is 36.8. The third-order valence-corrected chi connectivity index (χ3v) is 29.8. The van der Waals surface area contributed by atoms with Crippen LogP contribution in [0.2, 0.25) is 0 Å². The van der Waals surface area contributed by atoms with Gasteiger partial charge in [0.05, 0.1) is 61.2 Å². The maximum absolute atomic E-state index is 5.38. The zero-order valence-corrected chi connectivity index (χ0v) is 70.7. The number of aromatic nitrogens is 10. The van der Waals surface area contributed by atoms with Crippen LogP contribution in [0.3, 0.4) is 0 Å². The first-order chi connectivity index (χ1) is 61.8. The fraction of sp³-hybridized carbons (Fsp3) is 0.0270.